The first kappa shape index (κ1) is 21.6. The summed E-state index contributed by atoms with van der Waals surface area (Å²) in [5.41, 5.74) is 2.90. The van der Waals surface area contributed by atoms with Crippen LogP contribution in [0.25, 0.3) is 0 Å². The molecule has 0 bridgehead atoms. The van der Waals surface area contributed by atoms with E-state index in [1.807, 2.05) is 36.4 Å². The summed E-state index contributed by atoms with van der Waals surface area (Å²) in [6, 6.07) is 21.7. The quantitative estimate of drug-likeness (QED) is 0.459. The lowest BCUT2D eigenvalue weighted by molar-refractivity contribution is -0.118. The maximum atomic E-state index is 12.3. The lowest BCUT2D eigenvalue weighted by Crippen LogP contribution is -2.20. The molecule has 0 aliphatic heterocycles. The maximum Gasteiger partial charge on any atom is 0.262 e. The summed E-state index contributed by atoms with van der Waals surface area (Å²) >= 11 is 3.46. The van der Waals surface area contributed by atoms with E-state index >= 15 is 0 Å². The Morgan fingerprint density at radius 3 is 2.17 bits per heavy atom. The largest absolute Gasteiger partial charge is 0.483 e. The fourth-order valence-corrected chi connectivity index (χ4v) is 3.25. The van der Waals surface area contributed by atoms with E-state index < -0.39 is 0 Å². The molecule has 6 heteroatoms. The number of nitrogens with one attached hydrogen (secondary N) is 2. The zero-order valence-electron chi connectivity index (χ0n) is 16.8. The standard InChI is InChI=1S/C24H23BrN2O3/c1-16(2)21-14-18(25)8-13-22(21)30-15-23(28)26-19-9-11-20(12-10-19)27-24(29)17-6-4-3-5-7-17/h3-14,16H,15H2,1-2H3,(H,26,28)(H,27,29). The molecule has 154 valence electrons. The van der Waals surface area contributed by atoms with E-state index in [1.54, 1.807) is 36.4 Å². The minimum atomic E-state index is -0.256. The van der Waals surface area contributed by atoms with Gasteiger partial charge in [0.05, 0.1) is 0 Å². The molecule has 0 radical (unpaired) electrons. The smallest absolute Gasteiger partial charge is 0.262 e. The average Bonchev–Trinajstić information content (AvgIpc) is 2.74. The summed E-state index contributed by atoms with van der Waals surface area (Å²) < 4.78 is 6.70. The Hall–Kier alpha value is -3.12. The van der Waals surface area contributed by atoms with Crippen molar-refractivity contribution in [3.63, 3.8) is 0 Å². The van der Waals surface area contributed by atoms with Crippen molar-refractivity contribution in [2.75, 3.05) is 17.2 Å². The van der Waals surface area contributed by atoms with Gasteiger partial charge in [0.15, 0.2) is 6.61 Å². The minimum Gasteiger partial charge on any atom is -0.483 e. The fourth-order valence-electron chi connectivity index (χ4n) is 2.87. The Labute approximate surface area is 184 Å². The molecule has 0 saturated heterocycles. The highest BCUT2D eigenvalue weighted by Crippen LogP contribution is 2.29. The van der Waals surface area contributed by atoms with Crippen molar-refractivity contribution in [3.05, 3.63) is 88.4 Å². The number of carbonyl (C=O) groups is 2. The van der Waals surface area contributed by atoms with E-state index in [-0.39, 0.29) is 24.3 Å². The van der Waals surface area contributed by atoms with Crippen LogP contribution in [0.1, 0.15) is 35.7 Å². The molecule has 0 atom stereocenters. The minimum absolute atomic E-state index is 0.0894. The number of halogens is 1. The second-order valence-corrected chi connectivity index (χ2v) is 7.99. The van der Waals surface area contributed by atoms with Gasteiger partial charge in [0.1, 0.15) is 5.75 Å². The lowest BCUT2D eigenvalue weighted by Gasteiger charge is -2.14. The molecule has 0 aliphatic rings. The summed E-state index contributed by atoms with van der Waals surface area (Å²) in [6.45, 7) is 4.06. The molecule has 0 unspecified atom stereocenters. The van der Waals surface area contributed by atoms with Gasteiger partial charge in [-0.25, -0.2) is 0 Å². The molecule has 2 amide bonds. The van der Waals surface area contributed by atoms with E-state index in [0.717, 1.165) is 10.0 Å². The van der Waals surface area contributed by atoms with Crippen LogP contribution in [0.2, 0.25) is 0 Å². The third-order valence-electron chi connectivity index (χ3n) is 4.42. The molecular formula is C24H23BrN2O3. The number of amides is 2. The molecule has 0 aromatic heterocycles. The van der Waals surface area contributed by atoms with Crippen LogP contribution in [0.5, 0.6) is 5.75 Å². The summed E-state index contributed by atoms with van der Waals surface area (Å²) in [5, 5.41) is 5.63. The first-order valence-corrected chi connectivity index (χ1v) is 10.4. The van der Waals surface area contributed by atoms with Gasteiger partial charge in [-0.05, 0) is 66.1 Å². The highest BCUT2D eigenvalue weighted by atomic mass is 79.9. The predicted molar refractivity (Wildman–Crippen MR) is 123 cm³/mol. The first-order valence-electron chi connectivity index (χ1n) is 9.61. The highest BCUT2D eigenvalue weighted by molar-refractivity contribution is 9.10. The Bertz CT molecular complexity index is 1020. The van der Waals surface area contributed by atoms with Crippen LogP contribution in [-0.2, 0) is 4.79 Å². The summed E-state index contributed by atoms with van der Waals surface area (Å²) in [5.74, 6) is 0.534. The van der Waals surface area contributed by atoms with E-state index in [0.29, 0.717) is 22.7 Å². The fraction of sp³-hybridized carbons (Fsp3) is 0.167. The molecule has 0 aliphatic carbocycles. The van der Waals surface area contributed by atoms with Crippen molar-refractivity contribution in [2.24, 2.45) is 0 Å². The van der Waals surface area contributed by atoms with E-state index in [1.165, 1.54) is 0 Å². The van der Waals surface area contributed by atoms with Gasteiger partial charge >= 0.3 is 0 Å². The third-order valence-corrected chi connectivity index (χ3v) is 4.91. The molecule has 0 fully saturated rings. The van der Waals surface area contributed by atoms with Gasteiger partial charge in [-0.15, -0.1) is 0 Å². The van der Waals surface area contributed by atoms with Gasteiger partial charge in [0.2, 0.25) is 0 Å². The lowest BCUT2D eigenvalue weighted by atomic mass is 10.0. The van der Waals surface area contributed by atoms with Crippen LogP contribution in [0.4, 0.5) is 11.4 Å². The monoisotopic (exact) mass is 466 g/mol. The predicted octanol–water partition coefficient (Wildman–Crippen LogP) is 5.84. The molecular weight excluding hydrogens is 444 g/mol. The van der Waals surface area contributed by atoms with Crippen molar-refractivity contribution in [1.29, 1.82) is 0 Å². The number of rotatable bonds is 7. The maximum absolute atomic E-state index is 12.3. The van der Waals surface area contributed by atoms with Crippen LogP contribution in [0, 0.1) is 0 Å². The van der Waals surface area contributed by atoms with Gasteiger partial charge in [0.25, 0.3) is 11.8 Å². The van der Waals surface area contributed by atoms with Crippen LogP contribution >= 0.6 is 15.9 Å². The number of benzene rings is 3. The molecule has 30 heavy (non-hydrogen) atoms. The number of hydrogen-bond donors (Lipinski definition) is 2. The normalized spacial score (nSPS) is 10.5. The molecule has 0 saturated carbocycles. The van der Waals surface area contributed by atoms with Gasteiger partial charge in [-0.1, -0.05) is 48.0 Å². The molecule has 5 nitrogen and oxygen atoms in total. The second kappa shape index (κ2) is 10.1. The zero-order valence-corrected chi connectivity index (χ0v) is 18.4. The summed E-state index contributed by atoms with van der Waals surface area (Å²) in [7, 11) is 0. The zero-order chi connectivity index (χ0) is 21.5. The molecule has 3 rings (SSSR count). The van der Waals surface area contributed by atoms with E-state index in [9.17, 15) is 9.59 Å². The number of anilines is 2. The van der Waals surface area contributed by atoms with Crippen LogP contribution in [0.3, 0.4) is 0 Å². The van der Waals surface area contributed by atoms with Crippen molar-refractivity contribution in [3.8, 4) is 5.75 Å². The van der Waals surface area contributed by atoms with Crippen LogP contribution in [0.15, 0.2) is 77.3 Å². The molecule has 0 spiro atoms. The van der Waals surface area contributed by atoms with Gasteiger partial charge < -0.3 is 15.4 Å². The van der Waals surface area contributed by atoms with E-state index in [4.69, 9.17) is 4.74 Å². The second-order valence-electron chi connectivity index (χ2n) is 7.07. The van der Waals surface area contributed by atoms with Crippen molar-refractivity contribution in [1.82, 2.24) is 0 Å². The topological polar surface area (TPSA) is 67.4 Å². The molecule has 3 aromatic rings. The molecule has 3 aromatic carbocycles. The number of carbonyl (C=O) groups excluding carboxylic acids is 2. The first-order chi connectivity index (χ1) is 14.4. The van der Waals surface area contributed by atoms with Crippen LogP contribution < -0.4 is 15.4 Å². The number of ether oxygens (including phenoxy) is 1. The molecule has 0 heterocycles. The van der Waals surface area contributed by atoms with Gasteiger partial charge in [-0.2, -0.15) is 0 Å². The van der Waals surface area contributed by atoms with E-state index in [2.05, 4.69) is 40.4 Å². The summed E-state index contributed by atoms with van der Waals surface area (Å²) in [4.78, 5) is 24.5. The van der Waals surface area contributed by atoms with Crippen molar-refractivity contribution in [2.45, 2.75) is 19.8 Å². The van der Waals surface area contributed by atoms with Crippen molar-refractivity contribution >= 4 is 39.1 Å². The molecule has 2 N–H and O–H groups in total. The third kappa shape index (κ3) is 5.94. The Balaban J connectivity index is 1.54. The van der Waals surface area contributed by atoms with Crippen LogP contribution in [-0.4, -0.2) is 18.4 Å². The van der Waals surface area contributed by atoms with Gasteiger partial charge in [0, 0.05) is 21.4 Å². The number of hydrogen-bond acceptors (Lipinski definition) is 3. The Morgan fingerprint density at radius 1 is 0.900 bits per heavy atom. The summed E-state index contributed by atoms with van der Waals surface area (Å²) in [6.07, 6.45) is 0. The Kier molecular flexibility index (Phi) is 7.25. The van der Waals surface area contributed by atoms with Crippen molar-refractivity contribution < 1.29 is 14.3 Å². The van der Waals surface area contributed by atoms with Gasteiger partial charge in [-0.3, -0.25) is 9.59 Å². The SMILES string of the molecule is CC(C)c1cc(Br)ccc1OCC(=O)Nc1ccc(NC(=O)c2ccccc2)cc1. The average molecular weight is 467 g/mol. The Morgan fingerprint density at radius 2 is 1.53 bits per heavy atom. The highest BCUT2D eigenvalue weighted by Gasteiger charge is 2.11.